The first kappa shape index (κ1) is 22.4. The van der Waals surface area contributed by atoms with Gasteiger partial charge in [-0.1, -0.05) is 17.7 Å². The van der Waals surface area contributed by atoms with E-state index in [9.17, 15) is 4.79 Å². The molecule has 3 rings (SSSR count). The van der Waals surface area contributed by atoms with Crippen LogP contribution in [0.3, 0.4) is 0 Å². The van der Waals surface area contributed by atoms with E-state index in [-0.39, 0.29) is 11.5 Å². The number of aromatic nitrogens is 1. The van der Waals surface area contributed by atoms with E-state index in [1.807, 2.05) is 43.9 Å². The summed E-state index contributed by atoms with van der Waals surface area (Å²) in [5.74, 6) is 0.484. The molecule has 2 heterocycles. The van der Waals surface area contributed by atoms with Gasteiger partial charge in [0.05, 0.1) is 17.8 Å². The smallest absolute Gasteiger partial charge is 0.255 e. The highest BCUT2D eigenvalue weighted by Gasteiger charge is 2.23. The lowest BCUT2D eigenvalue weighted by Crippen LogP contribution is -2.49. The van der Waals surface area contributed by atoms with E-state index in [4.69, 9.17) is 21.1 Å². The minimum absolute atomic E-state index is 0.00687. The molecule has 0 N–H and O–H groups in total. The summed E-state index contributed by atoms with van der Waals surface area (Å²) < 4.78 is 11.2. The van der Waals surface area contributed by atoms with Crippen molar-refractivity contribution >= 4 is 23.2 Å². The van der Waals surface area contributed by atoms with Crippen LogP contribution in [-0.4, -0.2) is 60.8 Å². The van der Waals surface area contributed by atoms with Gasteiger partial charge in [0, 0.05) is 49.2 Å². The van der Waals surface area contributed by atoms with Crippen LogP contribution in [0, 0.1) is 6.92 Å². The van der Waals surface area contributed by atoms with E-state index < -0.39 is 0 Å². The molecule has 0 saturated carbocycles. The Labute approximate surface area is 183 Å². The molecule has 7 heteroatoms. The summed E-state index contributed by atoms with van der Waals surface area (Å²) in [7, 11) is 0. The number of benzene rings is 1. The zero-order valence-corrected chi connectivity index (χ0v) is 18.9. The number of amides is 1. The van der Waals surface area contributed by atoms with Crippen LogP contribution in [0.15, 0.2) is 36.5 Å². The lowest BCUT2D eigenvalue weighted by molar-refractivity contribution is -0.0168. The maximum atomic E-state index is 12.8. The normalized spacial score (nSPS) is 14.7. The highest BCUT2D eigenvalue weighted by Crippen LogP contribution is 2.25. The molecule has 6 nitrogen and oxygen atoms in total. The number of halogens is 1. The maximum Gasteiger partial charge on any atom is 0.255 e. The van der Waals surface area contributed by atoms with Crippen LogP contribution in [0.1, 0.15) is 36.7 Å². The predicted molar refractivity (Wildman–Crippen MR) is 120 cm³/mol. The standard InChI is InChI=1S/C23H30ClN3O3/c1-17-5-7-19(24)15-20(17)26-9-11-27(12-10-26)22(28)18-6-8-21(25-16-18)29-13-14-30-23(2,3)4/h5-8,15-16H,9-14H2,1-4H3. The summed E-state index contributed by atoms with van der Waals surface area (Å²) >= 11 is 6.15. The predicted octanol–water partition coefficient (Wildman–Crippen LogP) is 4.20. The molecule has 1 aromatic heterocycles. The summed E-state index contributed by atoms with van der Waals surface area (Å²) in [5, 5.41) is 0.729. The van der Waals surface area contributed by atoms with E-state index in [0.29, 0.717) is 37.7 Å². The Morgan fingerprint density at radius 2 is 1.83 bits per heavy atom. The molecule has 0 bridgehead atoms. The summed E-state index contributed by atoms with van der Waals surface area (Å²) in [4.78, 5) is 21.2. The molecule has 1 aliphatic rings. The molecule has 1 aromatic carbocycles. The molecule has 1 amide bonds. The van der Waals surface area contributed by atoms with Crippen molar-refractivity contribution in [1.29, 1.82) is 0 Å². The van der Waals surface area contributed by atoms with Gasteiger partial charge in [-0.05, 0) is 51.5 Å². The average Bonchev–Trinajstić information content (AvgIpc) is 2.72. The van der Waals surface area contributed by atoms with Gasteiger partial charge in [0.2, 0.25) is 5.88 Å². The highest BCUT2D eigenvalue weighted by atomic mass is 35.5. The molecule has 0 atom stereocenters. The zero-order valence-electron chi connectivity index (χ0n) is 18.2. The van der Waals surface area contributed by atoms with Crippen LogP contribution in [0.2, 0.25) is 5.02 Å². The van der Waals surface area contributed by atoms with E-state index >= 15 is 0 Å². The molecular weight excluding hydrogens is 402 g/mol. The first-order chi connectivity index (χ1) is 14.2. The van der Waals surface area contributed by atoms with Gasteiger partial charge in [0.25, 0.3) is 5.91 Å². The minimum Gasteiger partial charge on any atom is -0.475 e. The largest absolute Gasteiger partial charge is 0.475 e. The van der Waals surface area contributed by atoms with Crippen molar-refractivity contribution in [2.45, 2.75) is 33.3 Å². The van der Waals surface area contributed by atoms with Gasteiger partial charge in [0.1, 0.15) is 6.61 Å². The molecule has 1 fully saturated rings. The number of hydrogen-bond acceptors (Lipinski definition) is 5. The summed E-state index contributed by atoms with van der Waals surface area (Å²) in [6, 6.07) is 9.42. The Bertz CT molecular complexity index is 857. The van der Waals surface area contributed by atoms with Crippen molar-refractivity contribution < 1.29 is 14.3 Å². The van der Waals surface area contributed by atoms with Crippen LogP contribution in [0.4, 0.5) is 5.69 Å². The molecular formula is C23H30ClN3O3. The SMILES string of the molecule is Cc1ccc(Cl)cc1N1CCN(C(=O)c2ccc(OCCOC(C)(C)C)nc2)CC1. The number of aryl methyl sites for hydroxylation is 1. The Hall–Kier alpha value is -2.31. The van der Waals surface area contributed by atoms with E-state index in [2.05, 4.69) is 16.8 Å². The fourth-order valence-electron chi connectivity index (χ4n) is 3.34. The van der Waals surface area contributed by atoms with Crippen LogP contribution in [-0.2, 0) is 4.74 Å². The summed E-state index contributed by atoms with van der Waals surface area (Å²) in [5.41, 5.74) is 2.70. The molecule has 1 aliphatic heterocycles. The molecule has 162 valence electrons. The molecule has 1 saturated heterocycles. The number of carbonyl (C=O) groups excluding carboxylic acids is 1. The Morgan fingerprint density at radius 1 is 1.10 bits per heavy atom. The second kappa shape index (κ2) is 9.67. The van der Waals surface area contributed by atoms with E-state index in [1.165, 1.54) is 5.56 Å². The fourth-order valence-corrected chi connectivity index (χ4v) is 3.51. The van der Waals surface area contributed by atoms with E-state index in [1.54, 1.807) is 18.3 Å². The van der Waals surface area contributed by atoms with Crippen LogP contribution in [0.25, 0.3) is 0 Å². The quantitative estimate of drug-likeness (QED) is 0.641. The lowest BCUT2D eigenvalue weighted by atomic mass is 10.1. The van der Waals surface area contributed by atoms with Crippen molar-refractivity contribution in [3.63, 3.8) is 0 Å². The van der Waals surface area contributed by atoms with Crippen molar-refractivity contribution in [3.8, 4) is 5.88 Å². The number of rotatable bonds is 6. The third kappa shape index (κ3) is 6.09. The number of hydrogen-bond donors (Lipinski definition) is 0. The minimum atomic E-state index is -0.192. The average molecular weight is 432 g/mol. The Kier molecular flexibility index (Phi) is 7.21. The second-order valence-electron chi connectivity index (χ2n) is 8.40. The Morgan fingerprint density at radius 3 is 2.47 bits per heavy atom. The number of piperazine rings is 1. The lowest BCUT2D eigenvalue weighted by Gasteiger charge is -2.36. The third-order valence-corrected chi connectivity index (χ3v) is 5.17. The number of anilines is 1. The Balaban J connectivity index is 1.50. The fraction of sp³-hybridized carbons (Fsp3) is 0.478. The van der Waals surface area contributed by atoms with Gasteiger partial charge in [-0.3, -0.25) is 4.79 Å². The zero-order chi connectivity index (χ0) is 21.7. The number of carbonyl (C=O) groups is 1. The van der Waals surface area contributed by atoms with Crippen LogP contribution in [0.5, 0.6) is 5.88 Å². The topological polar surface area (TPSA) is 54.9 Å². The second-order valence-corrected chi connectivity index (χ2v) is 8.84. The van der Waals surface area contributed by atoms with Gasteiger partial charge in [-0.25, -0.2) is 4.98 Å². The van der Waals surface area contributed by atoms with Gasteiger partial charge >= 0.3 is 0 Å². The number of nitrogens with zero attached hydrogens (tertiary/aromatic N) is 3. The maximum absolute atomic E-state index is 12.8. The molecule has 2 aromatic rings. The number of pyridine rings is 1. The van der Waals surface area contributed by atoms with Crippen molar-refractivity contribution in [2.24, 2.45) is 0 Å². The number of ether oxygens (including phenoxy) is 2. The first-order valence-corrected chi connectivity index (χ1v) is 10.6. The van der Waals surface area contributed by atoms with E-state index in [0.717, 1.165) is 23.8 Å². The third-order valence-electron chi connectivity index (χ3n) is 4.93. The summed E-state index contributed by atoms with van der Waals surface area (Å²) in [6.07, 6.45) is 1.58. The molecule has 0 spiro atoms. The molecule has 0 unspecified atom stereocenters. The van der Waals surface area contributed by atoms with Gasteiger partial charge < -0.3 is 19.3 Å². The van der Waals surface area contributed by atoms with Gasteiger partial charge in [0.15, 0.2) is 0 Å². The molecule has 30 heavy (non-hydrogen) atoms. The van der Waals surface area contributed by atoms with Crippen molar-refractivity contribution in [3.05, 3.63) is 52.7 Å². The van der Waals surface area contributed by atoms with Crippen molar-refractivity contribution in [2.75, 3.05) is 44.3 Å². The van der Waals surface area contributed by atoms with Crippen molar-refractivity contribution in [1.82, 2.24) is 9.88 Å². The molecule has 0 aliphatic carbocycles. The highest BCUT2D eigenvalue weighted by molar-refractivity contribution is 6.30. The van der Waals surface area contributed by atoms with Gasteiger partial charge in [-0.15, -0.1) is 0 Å². The molecule has 0 radical (unpaired) electrons. The van der Waals surface area contributed by atoms with Crippen LogP contribution < -0.4 is 9.64 Å². The monoisotopic (exact) mass is 431 g/mol. The first-order valence-electron chi connectivity index (χ1n) is 10.3. The van der Waals surface area contributed by atoms with Crippen LogP contribution >= 0.6 is 11.6 Å². The summed E-state index contributed by atoms with van der Waals surface area (Å²) in [6.45, 7) is 11.9. The van der Waals surface area contributed by atoms with Gasteiger partial charge in [-0.2, -0.15) is 0 Å².